The van der Waals surface area contributed by atoms with E-state index in [9.17, 15) is 0 Å². The van der Waals surface area contributed by atoms with Crippen molar-refractivity contribution in [1.82, 2.24) is 4.23 Å². The SMILES string of the molecule is C=CCC1=CC=CC=C(N([Si](C)(C)C)[Si](C)(C)C)C1. The zero-order valence-electron chi connectivity index (χ0n) is 13.5. The summed E-state index contributed by atoms with van der Waals surface area (Å²) >= 11 is 0. The fourth-order valence-electron chi connectivity index (χ4n) is 3.06. The first-order valence-corrected chi connectivity index (χ1v) is 14.0. The molecule has 0 unspecified atom stereocenters. The molecule has 0 saturated heterocycles. The van der Waals surface area contributed by atoms with Crippen molar-refractivity contribution in [3.8, 4) is 0 Å². The van der Waals surface area contributed by atoms with E-state index in [1.807, 2.05) is 6.08 Å². The molecule has 0 saturated carbocycles. The maximum Gasteiger partial charge on any atom is 0.138 e. The van der Waals surface area contributed by atoms with Crippen LogP contribution in [0.3, 0.4) is 0 Å². The lowest BCUT2D eigenvalue weighted by Crippen LogP contribution is -2.58. The van der Waals surface area contributed by atoms with Gasteiger partial charge in [-0.15, -0.1) is 6.58 Å². The van der Waals surface area contributed by atoms with E-state index in [1.54, 1.807) is 0 Å². The highest BCUT2D eigenvalue weighted by Crippen LogP contribution is 2.30. The van der Waals surface area contributed by atoms with Gasteiger partial charge in [0.1, 0.15) is 16.5 Å². The first-order valence-electron chi connectivity index (χ1n) is 7.13. The van der Waals surface area contributed by atoms with E-state index in [-0.39, 0.29) is 0 Å². The zero-order chi connectivity index (χ0) is 14.7. The largest absolute Gasteiger partial charge is 0.428 e. The standard InChI is InChI=1S/C16H29NSi2/c1-8-11-15-12-9-10-13-16(14-15)17(18(2,3)4)19(5,6)7/h8-10,12-13H,1,11,14H2,2-7H3. The fourth-order valence-corrected chi connectivity index (χ4v) is 13.1. The summed E-state index contributed by atoms with van der Waals surface area (Å²) in [7, 11) is -2.69. The molecule has 0 aliphatic heterocycles. The molecular weight excluding hydrogens is 262 g/mol. The molecule has 1 nitrogen and oxygen atoms in total. The molecule has 0 atom stereocenters. The van der Waals surface area contributed by atoms with E-state index in [1.165, 1.54) is 11.3 Å². The zero-order valence-corrected chi connectivity index (χ0v) is 15.5. The van der Waals surface area contributed by atoms with Gasteiger partial charge in [-0.25, -0.2) is 0 Å². The molecule has 3 heteroatoms. The molecule has 0 aromatic carbocycles. The van der Waals surface area contributed by atoms with Crippen LogP contribution >= 0.6 is 0 Å². The van der Waals surface area contributed by atoms with Crippen molar-refractivity contribution in [2.24, 2.45) is 0 Å². The van der Waals surface area contributed by atoms with Crippen LogP contribution < -0.4 is 0 Å². The lowest BCUT2D eigenvalue weighted by Gasteiger charge is -2.47. The van der Waals surface area contributed by atoms with Crippen LogP contribution in [0.25, 0.3) is 0 Å². The van der Waals surface area contributed by atoms with E-state index in [2.05, 4.69) is 74.4 Å². The van der Waals surface area contributed by atoms with Crippen LogP contribution in [0.15, 0.2) is 48.2 Å². The van der Waals surface area contributed by atoms with E-state index < -0.39 is 16.5 Å². The lowest BCUT2D eigenvalue weighted by atomic mass is 10.1. The molecule has 0 amide bonds. The Morgan fingerprint density at radius 3 is 2.05 bits per heavy atom. The summed E-state index contributed by atoms with van der Waals surface area (Å²) in [5.41, 5.74) is 2.98. The molecule has 0 aromatic heterocycles. The van der Waals surface area contributed by atoms with Crippen molar-refractivity contribution >= 4 is 16.5 Å². The average molecular weight is 292 g/mol. The summed E-state index contributed by atoms with van der Waals surface area (Å²) < 4.78 is 2.81. The van der Waals surface area contributed by atoms with Gasteiger partial charge < -0.3 is 4.23 Å². The molecule has 0 bridgehead atoms. The highest BCUT2D eigenvalue weighted by atomic mass is 28.4. The molecule has 106 valence electrons. The molecule has 19 heavy (non-hydrogen) atoms. The second-order valence-electron chi connectivity index (χ2n) is 7.21. The Balaban J connectivity index is 3.11. The number of allylic oxidation sites excluding steroid dienone is 6. The third kappa shape index (κ3) is 4.66. The first kappa shape index (κ1) is 16.2. The molecule has 1 aliphatic rings. The molecule has 1 aliphatic carbocycles. The van der Waals surface area contributed by atoms with Gasteiger partial charge in [0.25, 0.3) is 0 Å². The lowest BCUT2D eigenvalue weighted by molar-refractivity contribution is 0.717. The van der Waals surface area contributed by atoms with Gasteiger partial charge in [0, 0.05) is 12.1 Å². The molecule has 1 rings (SSSR count). The van der Waals surface area contributed by atoms with Crippen LogP contribution in [0, 0.1) is 0 Å². The van der Waals surface area contributed by atoms with Gasteiger partial charge in [0.2, 0.25) is 0 Å². The number of nitrogens with zero attached hydrogens (tertiary/aromatic N) is 1. The van der Waals surface area contributed by atoms with Crippen molar-refractivity contribution in [3.63, 3.8) is 0 Å². The van der Waals surface area contributed by atoms with Gasteiger partial charge in [-0.3, -0.25) is 0 Å². The van der Waals surface area contributed by atoms with Crippen LogP contribution in [0.1, 0.15) is 12.8 Å². The van der Waals surface area contributed by atoms with Crippen LogP contribution in [0.4, 0.5) is 0 Å². The minimum Gasteiger partial charge on any atom is -0.428 e. The van der Waals surface area contributed by atoms with E-state index in [4.69, 9.17) is 0 Å². The predicted octanol–water partition coefficient (Wildman–Crippen LogP) is 5.30. The van der Waals surface area contributed by atoms with E-state index in [0.29, 0.717) is 0 Å². The maximum absolute atomic E-state index is 3.87. The fraction of sp³-hybridized carbons (Fsp3) is 0.500. The minimum absolute atomic E-state index is 0.993. The Labute approximate surface area is 121 Å². The summed E-state index contributed by atoms with van der Waals surface area (Å²) in [6, 6.07) is 0. The second-order valence-corrected chi connectivity index (χ2v) is 17.2. The highest BCUT2D eigenvalue weighted by Gasteiger charge is 2.35. The molecular formula is C16H29NSi2. The van der Waals surface area contributed by atoms with Gasteiger partial charge >= 0.3 is 0 Å². The first-order chi connectivity index (χ1) is 8.66. The molecule has 0 aromatic rings. The normalized spacial score (nSPS) is 16.5. The third-order valence-electron chi connectivity index (χ3n) is 3.18. The Morgan fingerprint density at radius 2 is 1.58 bits per heavy atom. The van der Waals surface area contributed by atoms with Gasteiger partial charge in [0.05, 0.1) is 0 Å². The van der Waals surface area contributed by atoms with Crippen molar-refractivity contribution in [2.45, 2.75) is 52.1 Å². The van der Waals surface area contributed by atoms with Gasteiger partial charge in [-0.05, 0) is 12.5 Å². The summed E-state index contributed by atoms with van der Waals surface area (Å²) in [6.07, 6.45) is 13.0. The summed E-state index contributed by atoms with van der Waals surface area (Å²) in [5, 5.41) is 0. The van der Waals surface area contributed by atoms with Crippen LogP contribution in [-0.4, -0.2) is 20.7 Å². The van der Waals surface area contributed by atoms with Crippen LogP contribution in [0.2, 0.25) is 39.3 Å². The monoisotopic (exact) mass is 291 g/mol. The topological polar surface area (TPSA) is 3.24 Å². The van der Waals surface area contributed by atoms with Crippen molar-refractivity contribution in [3.05, 3.63) is 48.2 Å². The number of hydrogen-bond acceptors (Lipinski definition) is 1. The predicted molar refractivity (Wildman–Crippen MR) is 93.3 cm³/mol. The molecule has 0 N–H and O–H groups in total. The number of hydrogen-bond donors (Lipinski definition) is 0. The Kier molecular flexibility index (Phi) is 5.21. The van der Waals surface area contributed by atoms with Crippen LogP contribution in [-0.2, 0) is 0 Å². The highest BCUT2D eigenvalue weighted by molar-refractivity contribution is 6.90. The molecule has 0 heterocycles. The Bertz CT molecular complexity index is 403. The average Bonchev–Trinajstić information content (AvgIpc) is 2.39. The van der Waals surface area contributed by atoms with Crippen LogP contribution in [0.5, 0.6) is 0 Å². The molecule has 0 spiro atoms. The van der Waals surface area contributed by atoms with Crippen molar-refractivity contribution < 1.29 is 0 Å². The van der Waals surface area contributed by atoms with Gasteiger partial charge in [-0.1, -0.05) is 69.2 Å². The third-order valence-corrected chi connectivity index (χ3v) is 10.5. The maximum atomic E-state index is 3.87. The van der Waals surface area contributed by atoms with E-state index in [0.717, 1.165) is 12.8 Å². The van der Waals surface area contributed by atoms with Gasteiger partial charge in [-0.2, -0.15) is 0 Å². The second kappa shape index (κ2) is 6.10. The van der Waals surface area contributed by atoms with Crippen molar-refractivity contribution in [1.29, 1.82) is 0 Å². The Hall–Kier alpha value is -0.806. The quantitative estimate of drug-likeness (QED) is 0.490. The summed E-state index contributed by atoms with van der Waals surface area (Å²) in [4.78, 5) is 0. The van der Waals surface area contributed by atoms with Gasteiger partial charge in [0.15, 0.2) is 0 Å². The number of rotatable bonds is 5. The minimum atomic E-state index is -1.34. The molecule has 0 fully saturated rings. The smallest absolute Gasteiger partial charge is 0.138 e. The summed E-state index contributed by atoms with van der Waals surface area (Å²) in [5.74, 6) is 0. The van der Waals surface area contributed by atoms with Crippen molar-refractivity contribution in [2.75, 3.05) is 0 Å². The Morgan fingerprint density at radius 1 is 1.05 bits per heavy atom. The molecule has 0 radical (unpaired) electrons. The summed E-state index contributed by atoms with van der Waals surface area (Å²) in [6.45, 7) is 18.6. The van der Waals surface area contributed by atoms with E-state index >= 15 is 0 Å².